The molecule has 2 aromatic heterocycles. The molecule has 2 heterocycles. The van der Waals surface area contributed by atoms with Crippen molar-refractivity contribution >= 4 is 40.1 Å². The second-order valence-corrected chi connectivity index (χ2v) is 6.90. The van der Waals surface area contributed by atoms with Crippen LogP contribution in [0.5, 0.6) is 0 Å². The maximum absolute atomic E-state index is 6.29. The number of fused-ring (bicyclic) bond motifs is 1. The largest absolute Gasteiger partial charge is 0.369 e. The topological polar surface area (TPSA) is 95.2 Å². The molecule has 0 unspecified atom stereocenters. The van der Waals surface area contributed by atoms with Gasteiger partial charge in [-0.25, -0.2) is 9.97 Å². The lowest BCUT2D eigenvalue weighted by Gasteiger charge is -2.24. The Morgan fingerprint density at radius 1 is 1.25 bits per heavy atom. The van der Waals surface area contributed by atoms with E-state index in [1.807, 2.05) is 45.2 Å². The van der Waals surface area contributed by atoms with Crippen molar-refractivity contribution in [3.05, 3.63) is 53.5 Å². The zero-order chi connectivity index (χ0) is 20.1. The smallest absolute Gasteiger partial charge is 0.253 e. The number of rotatable bonds is 5. The van der Waals surface area contributed by atoms with Crippen LogP contribution in [0.2, 0.25) is 0 Å². The second-order valence-electron chi connectivity index (χ2n) is 6.52. The highest BCUT2D eigenvalue weighted by Crippen LogP contribution is 2.18. The summed E-state index contributed by atoms with van der Waals surface area (Å²) in [6.07, 6.45) is 2.79. The summed E-state index contributed by atoms with van der Waals surface area (Å²) >= 11 is 5.51. The van der Waals surface area contributed by atoms with Gasteiger partial charge in [0.1, 0.15) is 0 Å². The predicted octanol–water partition coefficient (Wildman–Crippen LogP) is 2.96. The first-order valence-corrected chi connectivity index (χ1v) is 9.65. The van der Waals surface area contributed by atoms with E-state index in [4.69, 9.17) is 18.0 Å². The fourth-order valence-electron chi connectivity index (χ4n) is 3.06. The number of nitrogens with zero attached hydrogens (tertiary/aromatic N) is 4. The van der Waals surface area contributed by atoms with Gasteiger partial charge in [0, 0.05) is 41.6 Å². The number of nitrogens with two attached hydrogens (primary N) is 1. The Bertz CT molecular complexity index is 988. The fourth-order valence-corrected chi connectivity index (χ4v) is 3.39. The van der Waals surface area contributed by atoms with Crippen LogP contribution in [-0.2, 0) is 6.42 Å². The number of benzene rings is 1. The molecule has 0 bridgehead atoms. The van der Waals surface area contributed by atoms with Crippen molar-refractivity contribution < 1.29 is 0 Å². The first-order valence-electron chi connectivity index (χ1n) is 9.24. The molecule has 0 atom stereocenters. The van der Waals surface area contributed by atoms with Gasteiger partial charge in [-0.05, 0) is 57.1 Å². The molecule has 0 saturated heterocycles. The van der Waals surface area contributed by atoms with Gasteiger partial charge in [0.2, 0.25) is 5.96 Å². The van der Waals surface area contributed by atoms with Crippen LogP contribution in [0.15, 0.2) is 41.5 Å². The number of aryl methyl sites for hydroxylation is 2. The maximum Gasteiger partial charge on any atom is 0.253 e. The monoisotopic (exact) mass is 395 g/mol. The molecule has 0 saturated carbocycles. The van der Waals surface area contributed by atoms with Crippen LogP contribution in [0.4, 0.5) is 5.95 Å². The molecule has 7 nitrogen and oxygen atoms in total. The molecule has 0 fully saturated rings. The Morgan fingerprint density at radius 3 is 2.68 bits per heavy atom. The SMILES string of the molecule is CCNC(=S)N(CCc1c[nH]c2ccccc12)C(N)=Nc1nc(C)cc(C)n1. The molecular formula is C20H25N7S. The number of aliphatic imine (C=N–C) groups is 1. The van der Waals surface area contributed by atoms with Gasteiger partial charge in [-0.15, -0.1) is 0 Å². The predicted molar refractivity (Wildman–Crippen MR) is 118 cm³/mol. The third-order valence-electron chi connectivity index (χ3n) is 4.31. The van der Waals surface area contributed by atoms with Gasteiger partial charge < -0.3 is 16.0 Å². The second kappa shape index (κ2) is 8.79. The van der Waals surface area contributed by atoms with Crippen molar-refractivity contribution in [1.29, 1.82) is 0 Å². The number of H-pyrrole nitrogens is 1. The maximum atomic E-state index is 6.29. The molecule has 0 spiro atoms. The van der Waals surface area contributed by atoms with Crippen molar-refractivity contribution in [2.45, 2.75) is 27.2 Å². The van der Waals surface area contributed by atoms with E-state index in [0.717, 1.165) is 23.3 Å². The Morgan fingerprint density at radius 2 is 1.96 bits per heavy atom. The third kappa shape index (κ3) is 4.64. The highest BCUT2D eigenvalue weighted by atomic mass is 32.1. The van der Waals surface area contributed by atoms with E-state index in [1.165, 1.54) is 10.9 Å². The van der Waals surface area contributed by atoms with E-state index >= 15 is 0 Å². The van der Waals surface area contributed by atoms with Gasteiger partial charge in [0.05, 0.1) is 0 Å². The van der Waals surface area contributed by atoms with Gasteiger partial charge in [-0.3, -0.25) is 4.90 Å². The molecule has 0 aliphatic carbocycles. The fraction of sp³-hybridized carbons (Fsp3) is 0.300. The molecule has 146 valence electrons. The summed E-state index contributed by atoms with van der Waals surface area (Å²) < 4.78 is 0. The highest BCUT2D eigenvalue weighted by Gasteiger charge is 2.15. The molecule has 1 aromatic carbocycles. The van der Waals surface area contributed by atoms with Crippen LogP contribution in [-0.4, -0.2) is 44.0 Å². The molecular weight excluding hydrogens is 370 g/mol. The minimum atomic E-state index is 0.274. The molecule has 0 amide bonds. The number of thiocarbonyl (C=S) groups is 1. The number of para-hydroxylation sites is 1. The van der Waals surface area contributed by atoms with Crippen LogP contribution in [0.3, 0.4) is 0 Å². The van der Waals surface area contributed by atoms with Gasteiger partial charge >= 0.3 is 0 Å². The first-order chi connectivity index (χ1) is 13.5. The Balaban J connectivity index is 1.83. The van der Waals surface area contributed by atoms with E-state index in [0.29, 0.717) is 24.2 Å². The molecule has 0 aliphatic rings. The average molecular weight is 396 g/mol. The summed E-state index contributed by atoms with van der Waals surface area (Å²) in [5.74, 6) is 0.613. The summed E-state index contributed by atoms with van der Waals surface area (Å²) in [5.41, 5.74) is 10.3. The van der Waals surface area contributed by atoms with E-state index in [9.17, 15) is 0 Å². The van der Waals surface area contributed by atoms with Crippen molar-refractivity contribution in [2.75, 3.05) is 13.1 Å². The quantitative estimate of drug-likeness (QED) is 0.349. The number of aromatic nitrogens is 3. The zero-order valence-electron chi connectivity index (χ0n) is 16.4. The molecule has 3 rings (SSSR count). The highest BCUT2D eigenvalue weighted by molar-refractivity contribution is 7.80. The van der Waals surface area contributed by atoms with E-state index in [-0.39, 0.29) is 5.96 Å². The molecule has 0 radical (unpaired) electrons. The lowest BCUT2D eigenvalue weighted by Crippen LogP contribution is -2.48. The van der Waals surface area contributed by atoms with Crippen molar-refractivity contribution in [3.63, 3.8) is 0 Å². The van der Waals surface area contributed by atoms with Crippen LogP contribution >= 0.6 is 12.2 Å². The first kappa shape index (κ1) is 19.8. The molecule has 4 N–H and O–H groups in total. The molecule has 0 aliphatic heterocycles. The summed E-state index contributed by atoms with van der Waals surface area (Å²) in [6, 6.07) is 10.1. The van der Waals surface area contributed by atoms with Gasteiger partial charge in [0.15, 0.2) is 5.11 Å². The Labute approximate surface area is 170 Å². The normalized spacial score (nSPS) is 11.6. The Kier molecular flexibility index (Phi) is 6.20. The number of guanidine groups is 1. The summed E-state index contributed by atoms with van der Waals surface area (Å²) in [4.78, 5) is 18.2. The third-order valence-corrected chi connectivity index (χ3v) is 4.68. The molecule has 8 heteroatoms. The van der Waals surface area contributed by atoms with E-state index in [1.54, 1.807) is 4.90 Å². The number of aromatic amines is 1. The number of hydrogen-bond donors (Lipinski definition) is 3. The van der Waals surface area contributed by atoms with Crippen LogP contribution in [0, 0.1) is 13.8 Å². The minimum absolute atomic E-state index is 0.274. The van der Waals surface area contributed by atoms with E-state index < -0.39 is 0 Å². The average Bonchev–Trinajstić information content (AvgIpc) is 3.04. The lowest BCUT2D eigenvalue weighted by atomic mass is 10.1. The standard InChI is InChI=1S/C20H25N7S/c1-4-22-20(28)27(18(21)26-19-24-13(2)11-14(3)25-19)10-9-15-12-23-17-8-6-5-7-16(15)17/h5-8,11-12,23H,4,9-10H2,1-3H3,(H,22,28)(H2,21,24,25,26). The lowest BCUT2D eigenvalue weighted by molar-refractivity contribution is 0.586. The van der Waals surface area contributed by atoms with Gasteiger partial charge in [-0.1, -0.05) is 18.2 Å². The zero-order valence-corrected chi connectivity index (χ0v) is 17.2. The van der Waals surface area contributed by atoms with Crippen molar-refractivity contribution in [3.8, 4) is 0 Å². The van der Waals surface area contributed by atoms with Crippen molar-refractivity contribution in [2.24, 2.45) is 10.7 Å². The summed E-state index contributed by atoms with van der Waals surface area (Å²) in [7, 11) is 0. The number of hydrogen-bond acceptors (Lipinski definition) is 4. The van der Waals surface area contributed by atoms with E-state index in [2.05, 4.69) is 37.4 Å². The molecule has 28 heavy (non-hydrogen) atoms. The Hall–Kier alpha value is -3.00. The van der Waals surface area contributed by atoms with Gasteiger partial charge in [0.25, 0.3) is 5.95 Å². The van der Waals surface area contributed by atoms with Crippen LogP contribution in [0.1, 0.15) is 23.9 Å². The van der Waals surface area contributed by atoms with Crippen LogP contribution < -0.4 is 11.1 Å². The minimum Gasteiger partial charge on any atom is -0.369 e. The molecule has 3 aromatic rings. The van der Waals surface area contributed by atoms with Crippen LogP contribution in [0.25, 0.3) is 10.9 Å². The van der Waals surface area contributed by atoms with Crippen molar-refractivity contribution in [1.82, 2.24) is 25.2 Å². The summed E-state index contributed by atoms with van der Waals surface area (Å²) in [5, 5.41) is 4.88. The number of nitrogens with one attached hydrogen (secondary N) is 2. The van der Waals surface area contributed by atoms with Gasteiger partial charge in [-0.2, -0.15) is 4.99 Å². The summed E-state index contributed by atoms with van der Waals surface area (Å²) in [6.45, 7) is 7.10.